The summed E-state index contributed by atoms with van der Waals surface area (Å²) in [5.41, 5.74) is 0. The van der Waals surface area contributed by atoms with E-state index in [2.05, 4.69) is 0 Å². The van der Waals surface area contributed by atoms with Crippen molar-refractivity contribution in [2.75, 3.05) is 19.8 Å². The predicted molar refractivity (Wildman–Crippen MR) is 43.3 cm³/mol. The molecule has 0 atom stereocenters. The molecule has 0 aliphatic rings. The largest absolute Gasteiger partial charge is 1.00 e. The van der Waals surface area contributed by atoms with E-state index in [0.717, 1.165) is 0 Å². The molecule has 0 saturated heterocycles. The van der Waals surface area contributed by atoms with E-state index < -0.39 is 0 Å². The Morgan fingerprint density at radius 2 is 0.727 bits per heavy atom. The van der Waals surface area contributed by atoms with Crippen molar-refractivity contribution in [1.29, 1.82) is 0 Å². The molecular formula is C6H21NNaO3+. The second-order valence-corrected chi connectivity index (χ2v) is 0.949. The van der Waals surface area contributed by atoms with Gasteiger partial charge >= 0.3 is 29.6 Å². The summed E-state index contributed by atoms with van der Waals surface area (Å²) in [6.07, 6.45) is 0. The Kier molecular flexibility index (Phi) is 192. The fraction of sp³-hybridized carbons (Fsp3) is 1.00. The number of rotatable bonds is 0. The van der Waals surface area contributed by atoms with Gasteiger partial charge in [-0.1, -0.05) is 0 Å². The van der Waals surface area contributed by atoms with E-state index in [0.29, 0.717) is 0 Å². The molecule has 0 amide bonds. The van der Waals surface area contributed by atoms with Gasteiger partial charge in [-0.2, -0.15) is 0 Å². The summed E-state index contributed by atoms with van der Waals surface area (Å²) in [5.74, 6) is 0. The van der Waals surface area contributed by atoms with Crippen molar-refractivity contribution >= 4 is 0 Å². The first-order valence-corrected chi connectivity index (χ1v) is 3.07. The molecular weight excluding hydrogens is 157 g/mol. The molecule has 0 aliphatic heterocycles. The van der Waals surface area contributed by atoms with Crippen LogP contribution in [0.5, 0.6) is 0 Å². The Hall–Kier alpha value is 0.840. The molecule has 68 valence electrons. The maximum atomic E-state index is 7.57. The number of hydrogen-bond donors (Lipinski definition) is 4. The summed E-state index contributed by atoms with van der Waals surface area (Å²) < 4.78 is 0. The minimum Gasteiger partial charge on any atom is -0.397 e. The minimum atomic E-state index is 0. The summed E-state index contributed by atoms with van der Waals surface area (Å²) in [5, 5.41) is 22.7. The molecule has 6 N–H and O–H groups in total. The molecule has 0 heterocycles. The zero-order valence-corrected chi connectivity index (χ0v) is 10.2. The van der Waals surface area contributed by atoms with Gasteiger partial charge in [-0.3, -0.25) is 0 Å². The predicted octanol–water partition coefficient (Wildman–Crippen LogP) is -2.84. The maximum absolute atomic E-state index is 7.57. The molecule has 5 heteroatoms. The van der Waals surface area contributed by atoms with Gasteiger partial charge < -0.3 is 21.5 Å². The van der Waals surface area contributed by atoms with E-state index in [1.807, 2.05) is 0 Å². The number of aliphatic hydroxyl groups is 3. The molecule has 0 rings (SSSR count). The van der Waals surface area contributed by atoms with E-state index in [1.165, 1.54) is 0 Å². The van der Waals surface area contributed by atoms with Crippen LogP contribution in [0.2, 0.25) is 0 Å². The van der Waals surface area contributed by atoms with Gasteiger partial charge in [0.1, 0.15) is 0 Å². The van der Waals surface area contributed by atoms with Crippen molar-refractivity contribution in [3.63, 3.8) is 0 Å². The average Bonchev–Trinajstić information content (AvgIpc) is 1.70. The Bertz CT molecular complexity index is 22.5. The van der Waals surface area contributed by atoms with Crippen molar-refractivity contribution in [1.82, 2.24) is 6.15 Å². The molecule has 0 aromatic rings. The van der Waals surface area contributed by atoms with Crippen LogP contribution in [-0.4, -0.2) is 35.1 Å². The summed E-state index contributed by atoms with van der Waals surface area (Å²) in [7, 11) is 0. The summed E-state index contributed by atoms with van der Waals surface area (Å²) >= 11 is 0. The van der Waals surface area contributed by atoms with Crippen molar-refractivity contribution in [2.45, 2.75) is 20.8 Å². The Labute approximate surface area is 91.5 Å². The first kappa shape index (κ1) is 29.7. The standard InChI is InChI=1S/3C2H6O.H3N.Na/c3*1-2-3;;/h3*3H,2H2,1H3;1H3;/q;;;;+1. The van der Waals surface area contributed by atoms with Crippen LogP contribution >= 0.6 is 0 Å². The Morgan fingerprint density at radius 1 is 0.727 bits per heavy atom. The van der Waals surface area contributed by atoms with Gasteiger partial charge in [0, 0.05) is 19.8 Å². The smallest absolute Gasteiger partial charge is 0.397 e. The van der Waals surface area contributed by atoms with Crippen LogP contribution in [0.25, 0.3) is 0 Å². The van der Waals surface area contributed by atoms with Crippen LogP contribution in [0.15, 0.2) is 0 Å². The van der Waals surface area contributed by atoms with E-state index in [4.69, 9.17) is 15.3 Å². The average molecular weight is 178 g/mol. The van der Waals surface area contributed by atoms with Gasteiger partial charge in [0.15, 0.2) is 0 Å². The third kappa shape index (κ3) is 1200. The molecule has 0 fully saturated rings. The molecule has 0 spiro atoms. The number of aliphatic hydroxyl groups excluding tert-OH is 3. The van der Waals surface area contributed by atoms with Crippen LogP contribution in [0.3, 0.4) is 0 Å². The SMILES string of the molecule is CCO.CCO.CCO.N.[Na+]. The molecule has 0 bridgehead atoms. The van der Waals surface area contributed by atoms with Crippen molar-refractivity contribution in [3.8, 4) is 0 Å². The van der Waals surface area contributed by atoms with Crippen molar-refractivity contribution < 1.29 is 44.9 Å². The van der Waals surface area contributed by atoms with E-state index in [9.17, 15) is 0 Å². The molecule has 0 unspecified atom stereocenters. The van der Waals surface area contributed by atoms with Gasteiger partial charge in [0.25, 0.3) is 0 Å². The molecule has 0 aromatic heterocycles. The minimum absolute atomic E-state index is 0. The van der Waals surface area contributed by atoms with Crippen LogP contribution in [-0.2, 0) is 0 Å². The van der Waals surface area contributed by atoms with E-state index >= 15 is 0 Å². The second-order valence-electron chi connectivity index (χ2n) is 0.949. The fourth-order valence-electron chi connectivity index (χ4n) is 0. The first-order valence-electron chi connectivity index (χ1n) is 3.07. The maximum Gasteiger partial charge on any atom is 1.00 e. The summed E-state index contributed by atoms with van der Waals surface area (Å²) in [4.78, 5) is 0. The molecule has 0 aliphatic carbocycles. The zero-order chi connectivity index (χ0) is 8.12. The van der Waals surface area contributed by atoms with E-state index in [1.54, 1.807) is 20.8 Å². The zero-order valence-electron chi connectivity index (χ0n) is 8.17. The van der Waals surface area contributed by atoms with Gasteiger partial charge in [-0.25, -0.2) is 0 Å². The topological polar surface area (TPSA) is 95.7 Å². The van der Waals surface area contributed by atoms with Crippen molar-refractivity contribution in [2.24, 2.45) is 0 Å². The normalized spacial score (nSPS) is 4.91. The number of hydrogen-bond acceptors (Lipinski definition) is 4. The molecule has 0 saturated carbocycles. The molecule has 0 aromatic carbocycles. The van der Waals surface area contributed by atoms with Crippen LogP contribution in [0.4, 0.5) is 0 Å². The van der Waals surface area contributed by atoms with Crippen LogP contribution < -0.4 is 35.7 Å². The van der Waals surface area contributed by atoms with E-state index in [-0.39, 0.29) is 55.5 Å². The molecule has 4 nitrogen and oxygen atoms in total. The Balaban J connectivity index is -0.0000000150. The quantitative estimate of drug-likeness (QED) is 0.300. The first-order chi connectivity index (χ1) is 4.24. The van der Waals surface area contributed by atoms with Gasteiger partial charge in [-0.05, 0) is 20.8 Å². The van der Waals surface area contributed by atoms with Crippen molar-refractivity contribution in [3.05, 3.63) is 0 Å². The van der Waals surface area contributed by atoms with Gasteiger partial charge in [-0.15, -0.1) is 0 Å². The fourth-order valence-corrected chi connectivity index (χ4v) is 0. The van der Waals surface area contributed by atoms with Crippen LogP contribution in [0.1, 0.15) is 20.8 Å². The monoisotopic (exact) mass is 178 g/mol. The summed E-state index contributed by atoms with van der Waals surface area (Å²) in [6.45, 7) is 5.79. The molecule has 0 radical (unpaired) electrons. The third-order valence-electron chi connectivity index (χ3n) is 0. The third-order valence-corrected chi connectivity index (χ3v) is 0. The van der Waals surface area contributed by atoms with Gasteiger partial charge in [0.05, 0.1) is 0 Å². The van der Waals surface area contributed by atoms with Gasteiger partial charge in [0.2, 0.25) is 0 Å². The Morgan fingerprint density at radius 3 is 0.727 bits per heavy atom. The molecule has 11 heavy (non-hydrogen) atoms. The summed E-state index contributed by atoms with van der Waals surface area (Å²) in [6, 6.07) is 0. The van der Waals surface area contributed by atoms with Crippen LogP contribution in [0, 0.1) is 0 Å². The second kappa shape index (κ2) is 71.2.